The Bertz CT molecular complexity index is 481. The summed E-state index contributed by atoms with van der Waals surface area (Å²) in [6, 6.07) is 6.08. The summed E-state index contributed by atoms with van der Waals surface area (Å²) >= 11 is 0. The Kier molecular flexibility index (Phi) is 5.37. The number of para-hydroxylation sites is 1. The Morgan fingerprint density at radius 2 is 1.90 bits per heavy atom. The number of benzene rings is 1. The molecule has 1 fully saturated rings. The SMILES string of the molecule is Cc1cccc(C)c1NC(=O)CN(C)C1CCCCC1O. The van der Waals surface area contributed by atoms with E-state index >= 15 is 0 Å². The zero-order chi connectivity index (χ0) is 15.4. The van der Waals surface area contributed by atoms with Crippen molar-refractivity contribution in [3.63, 3.8) is 0 Å². The quantitative estimate of drug-likeness (QED) is 0.895. The second kappa shape index (κ2) is 7.05. The van der Waals surface area contributed by atoms with Gasteiger partial charge in [0.15, 0.2) is 0 Å². The molecule has 0 saturated heterocycles. The highest BCUT2D eigenvalue weighted by Crippen LogP contribution is 2.23. The molecule has 21 heavy (non-hydrogen) atoms. The zero-order valence-corrected chi connectivity index (χ0v) is 13.2. The highest BCUT2D eigenvalue weighted by molar-refractivity contribution is 5.93. The van der Waals surface area contributed by atoms with Gasteiger partial charge in [-0.1, -0.05) is 31.0 Å². The van der Waals surface area contributed by atoms with Gasteiger partial charge in [0.25, 0.3) is 0 Å². The molecule has 1 saturated carbocycles. The molecule has 1 amide bonds. The Hall–Kier alpha value is -1.39. The first-order valence-corrected chi connectivity index (χ1v) is 7.73. The van der Waals surface area contributed by atoms with Crippen molar-refractivity contribution < 1.29 is 9.90 Å². The number of likely N-dealkylation sites (N-methyl/N-ethyl adjacent to an activating group) is 1. The number of rotatable bonds is 4. The average Bonchev–Trinajstić information content (AvgIpc) is 2.43. The molecule has 1 aliphatic carbocycles. The van der Waals surface area contributed by atoms with Gasteiger partial charge in [-0.2, -0.15) is 0 Å². The van der Waals surface area contributed by atoms with E-state index in [9.17, 15) is 9.90 Å². The molecule has 4 heteroatoms. The van der Waals surface area contributed by atoms with Crippen LogP contribution in [-0.2, 0) is 4.79 Å². The molecule has 2 N–H and O–H groups in total. The van der Waals surface area contributed by atoms with Crippen LogP contribution in [0.1, 0.15) is 36.8 Å². The molecule has 116 valence electrons. The summed E-state index contributed by atoms with van der Waals surface area (Å²) in [7, 11) is 1.92. The topological polar surface area (TPSA) is 52.6 Å². The van der Waals surface area contributed by atoms with Gasteiger partial charge in [0.2, 0.25) is 5.91 Å². The van der Waals surface area contributed by atoms with Gasteiger partial charge in [0, 0.05) is 11.7 Å². The van der Waals surface area contributed by atoms with E-state index in [1.165, 1.54) is 0 Å². The summed E-state index contributed by atoms with van der Waals surface area (Å²) in [5.41, 5.74) is 3.05. The van der Waals surface area contributed by atoms with Crippen molar-refractivity contribution in [3.05, 3.63) is 29.3 Å². The van der Waals surface area contributed by atoms with E-state index in [0.29, 0.717) is 6.54 Å². The van der Waals surface area contributed by atoms with Crippen molar-refractivity contribution in [2.45, 2.75) is 51.7 Å². The van der Waals surface area contributed by atoms with Crippen LogP contribution in [0.3, 0.4) is 0 Å². The standard InChI is InChI=1S/C17H26N2O2/c1-12-7-6-8-13(2)17(12)18-16(21)11-19(3)14-9-4-5-10-15(14)20/h6-8,14-15,20H,4-5,9-11H2,1-3H3,(H,18,21). The molecule has 0 aliphatic heterocycles. The summed E-state index contributed by atoms with van der Waals surface area (Å²) < 4.78 is 0. The molecule has 0 bridgehead atoms. The van der Waals surface area contributed by atoms with E-state index in [4.69, 9.17) is 0 Å². The van der Waals surface area contributed by atoms with Crippen LogP contribution in [0.2, 0.25) is 0 Å². The number of nitrogens with zero attached hydrogens (tertiary/aromatic N) is 1. The van der Waals surface area contributed by atoms with Gasteiger partial charge in [-0.3, -0.25) is 9.69 Å². The summed E-state index contributed by atoms with van der Waals surface area (Å²) in [6.07, 6.45) is 3.71. The van der Waals surface area contributed by atoms with Crippen LogP contribution in [0.5, 0.6) is 0 Å². The molecule has 4 nitrogen and oxygen atoms in total. The molecule has 0 radical (unpaired) electrons. The number of carbonyl (C=O) groups is 1. The summed E-state index contributed by atoms with van der Waals surface area (Å²) in [5.74, 6) is -0.0207. The van der Waals surface area contributed by atoms with Crippen LogP contribution >= 0.6 is 0 Å². The van der Waals surface area contributed by atoms with Gasteiger partial charge >= 0.3 is 0 Å². The fourth-order valence-corrected chi connectivity index (χ4v) is 3.14. The Morgan fingerprint density at radius 1 is 1.29 bits per heavy atom. The number of aliphatic hydroxyl groups is 1. The van der Waals surface area contributed by atoms with Crippen molar-refractivity contribution in [1.29, 1.82) is 0 Å². The van der Waals surface area contributed by atoms with E-state index in [2.05, 4.69) is 5.32 Å². The van der Waals surface area contributed by atoms with Crippen LogP contribution in [-0.4, -0.2) is 41.7 Å². The number of nitrogens with one attached hydrogen (secondary N) is 1. The third-order valence-corrected chi connectivity index (χ3v) is 4.40. The van der Waals surface area contributed by atoms with E-state index in [0.717, 1.165) is 42.5 Å². The third kappa shape index (κ3) is 4.05. The van der Waals surface area contributed by atoms with Crippen LogP contribution < -0.4 is 5.32 Å². The van der Waals surface area contributed by atoms with Crippen molar-refractivity contribution >= 4 is 11.6 Å². The number of aliphatic hydroxyl groups excluding tert-OH is 1. The zero-order valence-electron chi connectivity index (χ0n) is 13.2. The van der Waals surface area contributed by atoms with Crippen molar-refractivity contribution in [1.82, 2.24) is 4.90 Å². The van der Waals surface area contributed by atoms with Crippen LogP contribution in [0.4, 0.5) is 5.69 Å². The van der Waals surface area contributed by atoms with Gasteiger partial charge in [-0.05, 0) is 44.9 Å². The number of carbonyl (C=O) groups excluding carboxylic acids is 1. The summed E-state index contributed by atoms with van der Waals surface area (Å²) in [4.78, 5) is 14.2. The second-order valence-electron chi connectivity index (χ2n) is 6.15. The molecule has 2 unspecified atom stereocenters. The van der Waals surface area contributed by atoms with Gasteiger partial charge in [-0.25, -0.2) is 0 Å². The first-order chi connectivity index (χ1) is 9.99. The highest BCUT2D eigenvalue weighted by atomic mass is 16.3. The minimum absolute atomic E-state index is 0.0207. The fourth-order valence-electron chi connectivity index (χ4n) is 3.14. The first-order valence-electron chi connectivity index (χ1n) is 7.73. The number of aryl methyl sites for hydroxylation is 2. The molecule has 0 spiro atoms. The maximum absolute atomic E-state index is 12.2. The molecule has 0 aromatic heterocycles. The summed E-state index contributed by atoms with van der Waals surface area (Å²) in [5, 5.41) is 13.1. The van der Waals surface area contributed by atoms with Crippen LogP contribution in [0, 0.1) is 13.8 Å². The number of amides is 1. The third-order valence-electron chi connectivity index (χ3n) is 4.40. The van der Waals surface area contributed by atoms with Crippen LogP contribution in [0.15, 0.2) is 18.2 Å². The van der Waals surface area contributed by atoms with Crippen molar-refractivity contribution in [2.24, 2.45) is 0 Å². The number of anilines is 1. The lowest BCUT2D eigenvalue weighted by Crippen LogP contribution is -2.46. The molecular formula is C17H26N2O2. The Balaban J connectivity index is 1.95. The normalized spacial score (nSPS) is 22.3. The lowest BCUT2D eigenvalue weighted by Gasteiger charge is -2.34. The molecular weight excluding hydrogens is 264 g/mol. The van der Waals surface area contributed by atoms with Gasteiger partial charge in [-0.15, -0.1) is 0 Å². The van der Waals surface area contributed by atoms with Gasteiger partial charge < -0.3 is 10.4 Å². The number of hydrogen-bond donors (Lipinski definition) is 2. The maximum Gasteiger partial charge on any atom is 0.238 e. The molecule has 2 rings (SSSR count). The molecule has 0 heterocycles. The minimum atomic E-state index is -0.309. The van der Waals surface area contributed by atoms with E-state index in [1.54, 1.807) is 0 Å². The molecule has 1 aliphatic rings. The highest BCUT2D eigenvalue weighted by Gasteiger charge is 2.27. The van der Waals surface area contributed by atoms with Crippen LogP contribution in [0.25, 0.3) is 0 Å². The molecule has 2 atom stereocenters. The molecule has 1 aromatic carbocycles. The Labute approximate surface area is 127 Å². The van der Waals surface area contributed by atoms with Crippen molar-refractivity contribution in [2.75, 3.05) is 18.9 Å². The largest absolute Gasteiger partial charge is 0.391 e. The van der Waals surface area contributed by atoms with Gasteiger partial charge in [0.05, 0.1) is 12.6 Å². The Morgan fingerprint density at radius 3 is 2.52 bits per heavy atom. The van der Waals surface area contributed by atoms with E-state index < -0.39 is 0 Å². The lowest BCUT2D eigenvalue weighted by atomic mass is 9.91. The minimum Gasteiger partial charge on any atom is -0.391 e. The second-order valence-corrected chi connectivity index (χ2v) is 6.15. The van der Waals surface area contributed by atoms with Crippen molar-refractivity contribution in [3.8, 4) is 0 Å². The van der Waals surface area contributed by atoms with E-state index in [1.807, 2.05) is 44.0 Å². The maximum atomic E-state index is 12.2. The predicted molar refractivity (Wildman–Crippen MR) is 85.4 cm³/mol. The predicted octanol–water partition coefficient (Wildman–Crippen LogP) is 2.48. The average molecular weight is 290 g/mol. The first kappa shape index (κ1) is 16.0. The lowest BCUT2D eigenvalue weighted by molar-refractivity contribution is -0.118. The van der Waals surface area contributed by atoms with E-state index in [-0.39, 0.29) is 18.1 Å². The number of hydrogen-bond acceptors (Lipinski definition) is 3. The summed E-state index contributed by atoms with van der Waals surface area (Å²) in [6.45, 7) is 4.31. The van der Waals surface area contributed by atoms with Gasteiger partial charge in [0.1, 0.15) is 0 Å². The fraction of sp³-hybridized carbons (Fsp3) is 0.588. The monoisotopic (exact) mass is 290 g/mol. The molecule has 1 aromatic rings. The smallest absolute Gasteiger partial charge is 0.238 e.